The maximum Gasteiger partial charge on any atom is 0.211 e. The summed E-state index contributed by atoms with van der Waals surface area (Å²) in [5.74, 6) is 0. The second kappa shape index (κ2) is 20.1. The van der Waals surface area contributed by atoms with Crippen molar-refractivity contribution >= 4 is 33.2 Å². The molecule has 0 aliphatic carbocycles. The summed E-state index contributed by atoms with van der Waals surface area (Å²) in [6.45, 7) is 6.99. The molecule has 0 radical (unpaired) electrons. The molecule has 6 aromatic carbocycles. The number of nitrogens with one attached hydrogen (secondary N) is 1. The van der Waals surface area contributed by atoms with Crippen LogP contribution in [0, 0.1) is 0 Å². The second-order valence-corrected chi connectivity index (χ2v) is 18.1. The van der Waals surface area contributed by atoms with Crippen molar-refractivity contribution < 1.29 is 8.42 Å². The summed E-state index contributed by atoms with van der Waals surface area (Å²) < 4.78 is 26.4. The minimum absolute atomic E-state index is 0.0615. The molecular formula is C49H52Cl2N4O2S. The first-order valence-corrected chi connectivity index (χ1v) is 22.7. The minimum Gasteiger partial charge on any atom is -0.311 e. The molecule has 2 heterocycles. The zero-order chi connectivity index (χ0) is 40.3. The Bertz CT molecular complexity index is 2310. The van der Waals surface area contributed by atoms with Crippen molar-refractivity contribution in [3.8, 4) is 22.3 Å². The Balaban J connectivity index is 0.000000178. The normalized spacial score (nSPS) is 18.0. The summed E-state index contributed by atoms with van der Waals surface area (Å²) in [5, 5.41) is 5.21. The number of benzene rings is 6. The molecule has 2 aliphatic heterocycles. The molecule has 0 amide bonds. The molecule has 2 atom stereocenters. The molecule has 9 heteroatoms. The highest BCUT2D eigenvalue weighted by atomic mass is 35.5. The maximum absolute atomic E-state index is 12.3. The summed E-state index contributed by atoms with van der Waals surface area (Å²) in [7, 11) is -3.24. The lowest BCUT2D eigenvalue weighted by Crippen LogP contribution is -2.55. The molecule has 1 N–H and O–H groups in total. The van der Waals surface area contributed by atoms with E-state index >= 15 is 0 Å². The summed E-state index contributed by atoms with van der Waals surface area (Å²) in [5.41, 5.74) is 9.52. The van der Waals surface area contributed by atoms with E-state index in [0.717, 1.165) is 84.4 Å². The van der Waals surface area contributed by atoms with Crippen molar-refractivity contribution in [1.29, 1.82) is 0 Å². The minimum atomic E-state index is -3.24. The van der Waals surface area contributed by atoms with Gasteiger partial charge in [0.1, 0.15) is 0 Å². The van der Waals surface area contributed by atoms with Crippen molar-refractivity contribution in [3.05, 3.63) is 190 Å². The summed E-state index contributed by atoms with van der Waals surface area (Å²) in [4.78, 5) is 4.90. The molecule has 2 saturated heterocycles. The largest absolute Gasteiger partial charge is 0.311 e. The van der Waals surface area contributed by atoms with Crippen LogP contribution in [-0.2, 0) is 36.0 Å². The van der Waals surface area contributed by atoms with E-state index in [1.807, 2.05) is 60.7 Å². The van der Waals surface area contributed by atoms with Crippen LogP contribution < -0.4 is 5.32 Å². The molecule has 300 valence electrons. The van der Waals surface area contributed by atoms with E-state index in [4.69, 9.17) is 23.2 Å². The van der Waals surface area contributed by atoms with E-state index in [2.05, 4.69) is 112 Å². The molecule has 58 heavy (non-hydrogen) atoms. The van der Waals surface area contributed by atoms with Gasteiger partial charge in [-0.05, 0) is 58.4 Å². The third-order valence-electron chi connectivity index (χ3n) is 11.0. The lowest BCUT2D eigenvalue weighted by Gasteiger charge is -2.40. The van der Waals surface area contributed by atoms with Crippen LogP contribution in [0.1, 0.15) is 22.3 Å². The molecule has 2 aliphatic rings. The Morgan fingerprint density at radius 2 is 1.00 bits per heavy atom. The average molecular weight is 832 g/mol. The zero-order valence-electron chi connectivity index (χ0n) is 33.1. The highest BCUT2D eigenvalue weighted by molar-refractivity contribution is 7.88. The summed E-state index contributed by atoms with van der Waals surface area (Å²) in [6, 6.07) is 54.5. The van der Waals surface area contributed by atoms with Crippen molar-refractivity contribution in [1.82, 2.24) is 19.4 Å². The Morgan fingerprint density at radius 3 is 1.50 bits per heavy atom. The number of hydrogen-bond acceptors (Lipinski definition) is 5. The quantitative estimate of drug-likeness (QED) is 0.141. The molecular weight excluding hydrogens is 780 g/mol. The Morgan fingerprint density at radius 1 is 0.534 bits per heavy atom. The number of rotatable bonds is 11. The lowest BCUT2D eigenvalue weighted by molar-refractivity contribution is 0.129. The molecule has 0 bridgehead atoms. The third-order valence-corrected chi connectivity index (χ3v) is 13.0. The first kappa shape index (κ1) is 41.8. The van der Waals surface area contributed by atoms with Gasteiger partial charge in [0, 0.05) is 85.6 Å². The fraction of sp³-hybridized carbons (Fsp3) is 0.265. The van der Waals surface area contributed by atoms with Crippen LogP contribution in [-0.4, -0.2) is 80.1 Å². The predicted octanol–water partition coefficient (Wildman–Crippen LogP) is 9.72. The monoisotopic (exact) mass is 830 g/mol. The van der Waals surface area contributed by atoms with Gasteiger partial charge in [0.15, 0.2) is 0 Å². The van der Waals surface area contributed by atoms with Gasteiger partial charge >= 0.3 is 0 Å². The van der Waals surface area contributed by atoms with Crippen LogP contribution in [0.4, 0.5) is 0 Å². The zero-order valence-corrected chi connectivity index (χ0v) is 35.4. The van der Waals surface area contributed by atoms with Gasteiger partial charge in [-0.25, -0.2) is 8.42 Å². The van der Waals surface area contributed by atoms with Crippen LogP contribution in [0.3, 0.4) is 0 Å². The van der Waals surface area contributed by atoms with Crippen LogP contribution in [0.2, 0.25) is 10.0 Å². The average Bonchev–Trinajstić information content (AvgIpc) is 3.23. The third kappa shape index (κ3) is 11.7. The second-order valence-electron chi connectivity index (χ2n) is 15.4. The number of nitrogens with zero attached hydrogens (tertiary/aromatic N) is 3. The van der Waals surface area contributed by atoms with E-state index in [1.54, 1.807) is 4.31 Å². The highest BCUT2D eigenvalue weighted by Gasteiger charge is 2.33. The molecule has 0 aromatic heterocycles. The van der Waals surface area contributed by atoms with Crippen molar-refractivity contribution in [2.75, 3.05) is 45.5 Å². The van der Waals surface area contributed by atoms with Gasteiger partial charge in [-0.3, -0.25) is 9.80 Å². The molecule has 0 spiro atoms. The van der Waals surface area contributed by atoms with Crippen molar-refractivity contribution in [3.63, 3.8) is 0 Å². The predicted molar refractivity (Wildman–Crippen MR) is 242 cm³/mol. The molecule has 8 rings (SSSR count). The van der Waals surface area contributed by atoms with Gasteiger partial charge in [0.25, 0.3) is 0 Å². The molecule has 0 saturated carbocycles. The van der Waals surface area contributed by atoms with E-state index in [-0.39, 0.29) is 6.04 Å². The number of sulfonamides is 1. The van der Waals surface area contributed by atoms with E-state index in [9.17, 15) is 8.42 Å². The Kier molecular flexibility index (Phi) is 14.5. The fourth-order valence-corrected chi connectivity index (χ4v) is 9.68. The Hall–Kier alpha value is -4.31. The van der Waals surface area contributed by atoms with Crippen LogP contribution in [0.25, 0.3) is 22.3 Å². The van der Waals surface area contributed by atoms with E-state index in [1.165, 1.54) is 28.5 Å². The van der Waals surface area contributed by atoms with Crippen molar-refractivity contribution in [2.24, 2.45) is 0 Å². The topological polar surface area (TPSA) is 55.9 Å². The Labute approximate surface area is 355 Å². The number of hydrogen-bond donors (Lipinski definition) is 1. The molecule has 6 nitrogen and oxygen atoms in total. The smallest absolute Gasteiger partial charge is 0.211 e. The number of halogens is 2. The molecule has 6 aromatic rings. The number of piperazine rings is 2. The van der Waals surface area contributed by atoms with Gasteiger partial charge in [-0.1, -0.05) is 169 Å². The first-order valence-electron chi connectivity index (χ1n) is 20.1. The SMILES string of the molecule is CS(=O)(=O)N1CCN(Cc2ccc(-c3ccccc3Cl)cc2)C[C@@H]1Cc1ccccc1.Clc1ccccc1-c1ccc(CN2CCN[C@@H](Cc3ccccc3)C2)cc1. The summed E-state index contributed by atoms with van der Waals surface area (Å²) in [6.07, 6.45) is 3.12. The van der Waals surface area contributed by atoms with Gasteiger partial charge in [-0.15, -0.1) is 0 Å². The maximum atomic E-state index is 12.3. The molecule has 0 unspecified atom stereocenters. The standard InChI is InChI=1S/C25H27ClN2O2S.C24H25ClN2/c1-31(29,30)28-16-15-27(19-23(28)17-20-7-3-2-4-8-20)18-21-11-13-22(14-12-21)24-9-5-6-10-25(24)26;25-24-9-5-4-8-23(24)21-12-10-20(11-13-21)17-27-15-14-26-22(18-27)16-19-6-2-1-3-7-19/h2-14,23H,15-19H2,1H3;1-13,22,26H,14-18H2/t23-;22-/m00/s1. The van der Waals surface area contributed by atoms with Gasteiger partial charge in [-0.2, -0.15) is 4.31 Å². The van der Waals surface area contributed by atoms with Gasteiger partial charge in [0.2, 0.25) is 10.0 Å². The van der Waals surface area contributed by atoms with Gasteiger partial charge < -0.3 is 5.32 Å². The van der Waals surface area contributed by atoms with Crippen LogP contribution in [0.15, 0.2) is 158 Å². The van der Waals surface area contributed by atoms with Crippen LogP contribution in [0.5, 0.6) is 0 Å². The van der Waals surface area contributed by atoms with Crippen LogP contribution >= 0.6 is 23.2 Å². The first-order chi connectivity index (χ1) is 28.2. The van der Waals surface area contributed by atoms with E-state index in [0.29, 0.717) is 19.1 Å². The van der Waals surface area contributed by atoms with E-state index < -0.39 is 10.0 Å². The molecule has 2 fully saturated rings. The van der Waals surface area contributed by atoms with Crippen molar-refractivity contribution in [2.45, 2.75) is 38.0 Å². The fourth-order valence-electron chi connectivity index (χ4n) is 8.10. The summed E-state index contributed by atoms with van der Waals surface area (Å²) >= 11 is 12.6. The highest BCUT2D eigenvalue weighted by Crippen LogP contribution is 2.29. The van der Waals surface area contributed by atoms with Gasteiger partial charge in [0.05, 0.1) is 6.26 Å². The lowest BCUT2D eigenvalue weighted by atomic mass is 10.0.